The molecule has 31 heavy (non-hydrogen) atoms. The molecular formula is C23H23N3O4S. The van der Waals surface area contributed by atoms with Crippen LogP contribution in [-0.2, 0) is 27.4 Å². The Morgan fingerprint density at radius 3 is 2.29 bits per heavy atom. The fourth-order valence-electron chi connectivity index (χ4n) is 2.64. The number of esters is 1. The van der Waals surface area contributed by atoms with Gasteiger partial charge in [-0.3, -0.25) is 14.4 Å². The Morgan fingerprint density at radius 2 is 1.61 bits per heavy atom. The minimum absolute atomic E-state index is 0.0185. The van der Waals surface area contributed by atoms with Crippen molar-refractivity contribution in [3.05, 3.63) is 81.3 Å². The molecule has 7 nitrogen and oxygen atoms in total. The van der Waals surface area contributed by atoms with Crippen LogP contribution in [0.25, 0.3) is 0 Å². The zero-order valence-corrected chi connectivity index (χ0v) is 18.1. The molecule has 0 atom stereocenters. The van der Waals surface area contributed by atoms with Gasteiger partial charge in [-0.15, -0.1) is 11.3 Å². The van der Waals surface area contributed by atoms with Crippen molar-refractivity contribution in [3.8, 4) is 0 Å². The number of hydrogen-bond acceptors (Lipinski definition) is 6. The lowest BCUT2D eigenvalue weighted by atomic mass is 10.1. The predicted molar refractivity (Wildman–Crippen MR) is 119 cm³/mol. The highest BCUT2D eigenvalue weighted by atomic mass is 32.1. The molecule has 1 aromatic heterocycles. The number of carbonyl (C=O) groups is 3. The van der Waals surface area contributed by atoms with E-state index in [1.165, 1.54) is 11.3 Å². The number of ether oxygens (including phenoxy) is 1. The third kappa shape index (κ3) is 7.04. The summed E-state index contributed by atoms with van der Waals surface area (Å²) in [6.07, 6.45) is 0.138. The largest absolute Gasteiger partial charge is 0.458 e. The van der Waals surface area contributed by atoms with Crippen molar-refractivity contribution < 1.29 is 19.1 Å². The van der Waals surface area contributed by atoms with E-state index in [0.29, 0.717) is 16.3 Å². The summed E-state index contributed by atoms with van der Waals surface area (Å²) in [5.74, 6) is -1.07. The minimum Gasteiger partial charge on any atom is -0.458 e. The first-order valence-corrected chi connectivity index (χ1v) is 10.6. The average Bonchev–Trinajstić information content (AvgIpc) is 3.19. The summed E-state index contributed by atoms with van der Waals surface area (Å²) in [6, 6.07) is 14.6. The molecule has 0 fully saturated rings. The number of aryl methyl sites for hydroxylation is 2. The molecule has 3 aromatic rings. The number of rotatable bonds is 8. The van der Waals surface area contributed by atoms with E-state index in [4.69, 9.17) is 4.74 Å². The van der Waals surface area contributed by atoms with E-state index in [0.717, 1.165) is 16.8 Å². The summed E-state index contributed by atoms with van der Waals surface area (Å²) in [6.45, 7) is 3.66. The molecule has 0 aliphatic heterocycles. The van der Waals surface area contributed by atoms with Gasteiger partial charge in [0.05, 0.1) is 12.1 Å². The summed E-state index contributed by atoms with van der Waals surface area (Å²) in [7, 11) is 0. The maximum absolute atomic E-state index is 12.2. The van der Waals surface area contributed by atoms with Crippen LogP contribution in [0.1, 0.15) is 32.2 Å². The van der Waals surface area contributed by atoms with E-state index in [1.807, 2.05) is 50.2 Å². The number of nitrogens with zero attached hydrogens (tertiary/aromatic N) is 1. The first-order chi connectivity index (χ1) is 14.9. The van der Waals surface area contributed by atoms with Crippen LogP contribution in [0.4, 0.5) is 5.69 Å². The Kier molecular flexibility index (Phi) is 7.50. The lowest BCUT2D eigenvalue weighted by molar-refractivity contribution is -0.143. The highest BCUT2D eigenvalue weighted by molar-refractivity contribution is 7.09. The topological polar surface area (TPSA) is 97.4 Å². The van der Waals surface area contributed by atoms with Crippen molar-refractivity contribution >= 4 is 34.8 Å². The van der Waals surface area contributed by atoms with Gasteiger partial charge in [0.15, 0.2) is 0 Å². The van der Waals surface area contributed by atoms with E-state index in [9.17, 15) is 14.4 Å². The van der Waals surface area contributed by atoms with Gasteiger partial charge in [-0.05, 0) is 38.1 Å². The summed E-state index contributed by atoms with van der Waals surface area (Å²) >= 11 is 1.33. The van der Waals surface area contributed by atoms with E-state index >= 15 is 0 Å². The van der Waals surface area contributed by atoms with Gasteiger partial charge in [-0.25, -0.2) is 4.98 Å². The molecular weight excluding hydrogens is 414 g/mol. The number of aromatic nitrogens is 1. The zero-order valence-electron chi connectivity index (χ0n) is 17.3. The van der Waals surface area contributed by atoms with Crippen LogP contribution in [0.5, 0.6) is 0 Å². The second-order valence-corrected chi connectivity index (χ2v) is 7.98. The van der Waals surface area contributed by atoms with Gasteiger partial charge >= 0.3 is 5.97 Å². The standard InChI is InChI=1S/C23H23N3O4S/c1-15-3-7-17(8-4-15)23(29)24-12-22(28)30-13-19-14-31-21(26-19)11-20(27)25-18-9-5-16(2)6-10-18/h3-10,14H,11-13H2,1-2H3,(H,24,29)(H,25,27). The number of amides is 2. The van der Waals surface area contributed by atoms with Crippen LogP contribution in [-0.4, -0.2) is 29.3 Å². The number of hydrogen-bond donors (Lipinski definition) is 2. The Hall–Kier alpha value is -3.52. The van der Waals surface area contributed by atoms with E-state index in [-0.39, 0.29) is 31.4 Å². The van der Waals surface area contributed by atoms with Crippen LogP contribution in [0.3, 0.4) is 0 Å². The molecule has 0 saturated heterocycles. The van der Waals surface area contributed by atoms with Crippen molar-refractivity contribution in [2.24, 2.45) is 0 Å². The molecule has 3 rings (SSSR count). The van der Waals surface area contributed by atoms with Gasteiger partial charge in [0.25, 0.3) is 5.91 Å². The van der Waals surface area contributed by atoms with Crippen molar-refractivity contribution in [2.75, 3.05) is 11.9 Å². The van der Waals surface area contributed by atoms with Crippen molar-refractivity contribution in [2.45, 2.75) is 26.9 Å². The highest BCUT2D eigenvalue weighted by Crippen LogP contribution is 2.14. The summed E-state index contributed by atoms with van der Waals surface area (Å²) in [5, 5.41) is 7.72. The van der Waals surface area contributed by atoms with Crippen LogP contribution in [0.2, 0.25) is 0 Å². The average molecular weight is 438 g/mol. The quantitative estimate of drug-likeness (QED) is 0.527. The molecule has 1 heterocycles. The monoisotopic (exact) mass is 437 g/mol. The first kappa shape index (κ1) is 22.2. The molecule has 2 amide bonds. The number of anilines is 1. The molecule has 0 radical (unpaired) electrons. The smallest absolute Gasteiger partial charge is 0.325 e. The van der Waals surface area contributed by atoms with E-state index in [2.05, 4.69) is 15.6 Å². The number of nitrogens with one attached hydrogen (secondary N) is 2. The third-order valence-electron chi connectivity index (χ3n) is 4.33. The van der Waals surface area contributed by atoms with Crippen LogP contribution in [0.15, 0.2) is 53.9 Å². The van der Waals surface area contributed by atoms with Gasteiger partial charge in [0.2, 0.25) is 5.91 Å². The highest BCUT2D eigenvalue weighted by Gasteiger charge is 2.12. The molecule has 0 bridgehead atoms. The lowest BCUT2D eigenvalue weighted by Gasteiger charge is -2.06. The minimum atomic E-state index is -0.563. The maximum Gasteiger partial charge on any atom is 0.325 e. The molecule has 0 aliphatic carbocycles. The number of thiazole rings is 1. The van der Waals surface area contributed by atoms with Crippen molar-refractivity contribution in [1.29, 1.82) is 0 Å². The summed E-state index contributed by atoms with van der Waals surface area (Å²) in [4.78, 5) is 40.4. The van der Waals surface area contributed by atoms with Crippen LogP contribution < -0.4 is 10.6 Å². The predicted octanol–water partition coefficient (Wildman–Crippen LogP) is 3.41. The maximum atomic E-state index is 12.2. The van der Waals surface area contributed by atoms with Crippen LogP contribution >= 0.6 is 11.3 Å². The van der Waals surface area contributed by atoms with E-state index in [1.54, 1.807) is 17.5 Å². The van der Waals surface area contributed by atoms with Gasteiger partial charge in [-0.2, -0.15) is 0 Å². The Bertz CT molecular complexity index is 1060. The Balaban J connectivity index is 1.40. The van der Waals surface area contributed by atoms with E-state index < -0.39 is 5.97 Å². The summed E-state index contributed by atoms with van der Waals surface area (Å²) in [5.41, 5.74) is 3.93. The van der Waals surface area contributed by atoms with Gasteiger partial charge in [-0.1, -0.05) is 35.4 Å². The fraction of sp³-hybridized carbons (Fsp3) is 0.217. The molecule has 0 saturated carbocycles. The number of carbonyl (C=O) groups excluding carboxylic acids is 3. The normalized spacial score (nSPS) is 10.4. The number of benzene rings is 2. The molecule has 2 N–H and O–H groups in total. The first-order valence-electron chi connectivity index (χ1n) is 9.69. The second kappa shape index (κ2) is 10.5. The molecule has 0 aliphatic rings. The molecule has 8 heteroatoms. The molecule has 0 unspecified atom stereocenters. The Labute approximate surface area is 184 Å². The van der Waals surface area contributed by atoms with Crippen molar-refractivity contribution in [3.63, 3.8) is 0 Å². The van der Waals surface area contributed by atoms with Gasteiger partial charge in [0.1, 0.15) is 18.2 Å². The molecule has 160 valence electrons. The second-order valence-electron chi connectivity index (χ2n) is 7.03. The molecule has 2 aromatic carbocycles. The van der Waals surface area contributed by atoms with Crippen LogP contribution in [0, 0.1) is 13.8 Å². The van der Waals surface area contributed by atoms with Gasteiger partial charge < -0.3 is 15.4 Å². The van der Waals surface area contributed by atoms with Crippen molar-refractivity contribution in [1.82, 2.24) is 10.3 Å². The summed E-state index contributed by atoms with van der Waals surface area (Å²) < 4.78 is 5.15. The van der Waals surface area contributed by atoms with Gasteiger partial charge in [0, 0.05) is 16.6 Å². The zero-order chi connectivity index (χ0) is 22.2. The third-order valence-corrected chi connectivity index (χ3v) is 5.23. The Morgan fingerprint density at radius 1 is 0.968 bits per heavy atom. The lowest BCUT2D eigenvalue weighted by Crippen LogP contribution is -2.30. The fourth-order valence-corrected chi connectivity index (χ4v) is 3.42. The SMILES string of the molecule is Cc1ccc(NC(=O)Cc2nc(COC(=O)CNC(=O)c3ccc(C)cc3)cs2)cc1. The molecule has 0 spiro atoms.